The van der Waals surface area contributed by atoms with Gasteiger partial charge in [-0.1, -0.05) is 37.3 Å². The average molecular weight is 340 g/mol. The SMILES string of the molecule is CC(C)[C@@H](Cn1ccnn1)NC(=O)c1ccc(-c2cccs2)cc1. The predicted octanol–water partition coefficient (Wildman–Crippen LogP) is 3.46. The van der Waals surface area contributed by atoms with Gasteiger partial charge in [0.15, 0.2) is 0 Å². The van der Waals surface area contributed by atoms with Gasteiger partial charge in [-0.25, -0.2) is 0 Å². The second-order valence-electron chi connectivity index (χ2n) is 6.00. The fourth-order valence-electron chi connectivity index (χ4n) is 2.44. The second-order valence-corrected chi connectivity index (χ2v) is 6.95. The zero-order valence-electron chi connectivity index (χ0n) is 13.7. The van der Waals surface area contributed by atoms with E-state index in [9.17, 15) is 4.79 Å². The highest BCUT2D eigenvalue weighted by Gasteiger charge is 2.18. The van der Waals surface area contributed by atoms with E-state index in [4.69, 9.17) is 0 Å². The van der Waals surface area contributed by atoms with Crippen molar-refractivity contribution in [2.24, 2.45) is 5.92 Å². The van der Waals surface area contributed by atoms with Crippen molar-refractivity contribution in [2.45, 2.75) is 26.4 Å². The van der Waals surface area contributed by atoms with Gasteiger partial charge in [0.1, 0.15) is 0 Å². The number of aromatic nitrogens is 3. The fourth-order valence-corrected chi connectivity index (χ4v) is 3.17. The number of benzene rings is 1. The van der Waals surface area contributed by atoms with Crippen LogP contribution in [0.5, 0.6) is 0 Å². The molecule has 2 heterocycles. The summed E-state index contributed by atoms with van der Waals surface area (Å²) in [6, 6.07) is 11.8. The molecule has 1 amide bonds. The number of hydrogen-bond acceptors (Lipinski definition) is 4. The Morgan fingerprint density at radius 2 is 2.04 bits per heavy atom. The molecular formula is C18H20N4OS. The number of hydrogen-bond donors (Lipinski definition) is 1. The third-order valence-electron chi connectivity index (χ3n) is 3.93. The molecule has 0 fully saturated rings. The molecule has 0 aliphatic carbocycles. The van der Waals surface area contributed by atoms with Gasteiger partial charge in [0.25, 0.3) is 5.91 Å². The Kier molecular flexibility index (Phi) is 5.05. The van der Waals surface area contributed by atoms with Crippen LogP contribution in [0.1, 0.15) is 24.2 Å². The second kappa shape index (κ2) is 7.40. The number of carbonyl (C=O) groups excluding carboxylic acids is 1. The van der Waals surface area contributed by atoms with Gasteiger partial charge in [0.05, 0.1) is 18.8 Å². The van der Waals surface area contributed by atoms with Crippen LogP contribution >= 0.6 is 11.3 Å². The summed E-state index contributed by atoms with van der Waals surface area (Å²) in [5, 5.41) is 12.9. The number of carbonyl (C=O) groups is 1. The van der Waals surface area contributed by atoms with Gasteiger partial charge < -0.3 is 5.32 Å². The third kappa shape index (κ3) is 3.89. The summed E-state index contributed by atoms with van der Waals surface area (Å²) in [4.78, 5) is 13.7. The molecule has 24 heavy (non-hydrogen) atoms. The Balaban J connectivity index is 1.68. The number of nitrogens with zero attached hydrogens (tertiary/aromatic N) is 3. The number of thiophene rings is 1. The number of amides is 1. The molecule has 124 valence electrons. The van der Waals surface area contributed by atoms with Crippen molar-refractivity contribution in [3.05, 3.63) is 59.7 Å². The molecular weight excluding hydrogens is 320 g/mol. The van der Waals surface area contributed by atoms with Gasteiger partial charge in [0.2, 0.25) is 0 Å². The highest BCUT2D eigenvalue weighted by Crippen LogP contribution is 2.24. The molecule has 3 rings (SSSR count). The lowest BCUT2D eigenvalue weighted by Crippen LogP contribution is -2.41. The van der Waals surface area contributed by atoms with Crippen molar-refractivity contribution in [3.8, 4) is 10.4 Å². The largest absolute Gasteiger partial charge is 0.347 e. The van der Waals surface area contributed by atoms with E-state index in [1.165, 1.54) is 4.88 Å². The smallest absolute Gasteiger partial charge is 0.251 e. The molecule has 0 saturated heterocycles. The van der Waals surface area contributed by atoms with Crippen LogP contribution in [0.3, 0.4) is 0 Å². The van der Waals surface area contributed by atoms with E-state index in [1.807, 2.05) is 35.7 Å². The van der Waals surface area contributed by atoms with Crippen LogP contribution in [-0.2, 0) is 6.54 Å². The van der Waals surface area contributed by atoms with Gasteiger partial charge in [-0.3, -0.25) is 9.48 Å². The maximum absolute atomic E-state index is 12.5. The summed E-state index contributed by atoms with van der Waals surface area (Å²) in [7, 11) is 0. The predicted molar refractivity (Wildman–Crippen MR) is 95.9 cm³/mol. The van der Waals surface area contributed by atoms with Crippen LogP contribution in [0, 0.1) is 5.92 Å². The van der Waals surface area contributed by atoms with Crippen LogP contribution < -0.4 is 5.32 Å². The Hall–Kier alpha value is -2.47. The number of nitrogens with one attached hydrogen (secondary N) is 1. The van der Waals surface area contributed by atoms with E-state index < -0.39 is 0 Å². The van der Waals surface area contributed by atoms with Crippen LogP contribution in [0.25, 0.3) is 10.4 Å². The molecule has 0 radical (unpaired) electrons. The van der Waals surface area contributed by atoms with Crippen molar-refractivity contribution in [2.75, 3.05) is 0 Å². The van der Waals surface area contributed by atoms with E-state index in [0.717, 1.165) is 5.56 Å². The molecule has 3 aromatic rings. The minimum Gasteiger partial charge on any atom is -0.347 e. The Labute approximate surface area is 145 Å². The van der Waals surface area contributed by atoms with E-state index in [2.05, 4.69) is 35.5 Å². The van der Waals surface area contributed by atoms with Crippen LogP contribution in [0.4, 0.5) is 0 Å². The summed E-state index contributed by atoms with van der Waals surface area (Å²) in [5.41, 5.74) is 1.80. The molecule has 1 atom stereocenters. The van der Waals surface area contributed by atoms with E-state index in [0.29, 0.717) is 18.0 Å². The van der Waals surface area contributed by atoms with Gasteiger partial charge in [0, 0.05) is 16.6 Å². The van der Waals surface area contributed by atoms with E-state index in [1.54, 1.807) is 28.4 Å². The first-order valence-electron chi connectivity index (χ1n) is 7.92. The number of rotatable bonds is 6. The van der Waals surface area contributed by atoms with Gasteiger partial charge in [-0.15, -0.1) is 16.4 Å². The molecule has 0 aliphatic rings. The fraction of sp³-hybridized carbons (Fsp3) is 0.278. The lowest BCUT2D eigenvalue weighted by Gasteiger charge is -2.22. The van der Waals surface area contributed by atoms with Gasteiger partial charge >= 0.3 is 0 Å². The Bertz CT molecular complexity index is 764. The summed E-state index contributed by atoms with van der Waals surface area (Å²) < 4.78 is 1.74. The van der Waals surface area contributed by atoms with Crippen LogP contribution in [0.15, 0.2) is 54.2 Å². The Morgan fingerprint density at radius 1 is 1.25 bits per heavy atom. The van der Waals surface area contributed by atoms with Crippen molar-refractivity contribution in [1.82, 2.24) is 20.3 Å². The molecule has 1 N–H and O–H groups in total. The lowest BCUT2D eigenvalue weighted by atomic mass is 10.0. The molecule has 0 saturated carbocycles. The summed E-state index contributed by atoms with van der Waals surface area (Å²) in [6.07, 6.45) is 3.44. The molecule has 1 aromatic carbocycles. The summed E-state index contributed by atoms with van der Waals surface area (Å²) >= 11 is 1.69. The molecule has 0 unspecified atom stereocenters. The highest BCUT2D eigenvalue weighted by atomic mass is 32.1. The highest BCUT2D eigenvalue weighted by molar-refractivity contribution is 7.13. The van der Waals surface area contributed by atoms with Crippen LogP contribution in [0.2, 0.25) is 0 Å². The molecule has 0 spiro atoms. The maximum Gasteiger partial charge on any atom is 0.251 e. The van der Waals surface area contributed by atoms with Gasteiger partial charge in [-0.05, 0) is 35.1 Å². The molecule has 0 aliphatic heterocycles. The quantitative estimate of drug-likeness (QED) is 0.747. The zero-order chi connectivity index (χ0) is 16.9. The van der Waals surface area contributed by atoms with Gasteiger partial charge in [-0.2, -0.15) is 0 Å². The first kappa shape index (κ1) is 16.4. The van der Waals surface area contributed by atoms with Crippen molar-refractivity contribution in [3.63, 3.8) is 0 Å². The lowest BCUT2D eigenvalue weighted by molar-refractivity contribution is 0.0919. The molecule has 5 nitrogen and oxygen atoms in total. The van der Waals surface area contributed by atoms with Crippen LogP contribution in [-0.4, -0.2) is 26.9 Å². The maximum atomic E-state index is 12.5. The van der Waals surface area contributed by atoms with E-state index >= 15 is 0 Å². The topological polar surface area (TPSA) is 59.8 Å². The van der Waals surface area contributed by atoms with E-state index in [-0.39, 0.29) is 11.9 Å². The average Bonchev–Trinajstić information content (AvgIpc) is 3.28. The van der Waals surface area contributed by atoms with Crippen molar-refractivity contribution < 1.29 is 4.79 Å². The monoisotopic (exact) mass is 340 g/mol. The first-order valence-corrected chi connectivity index (χ1v) is 8.80. The molecule has 2 aromatic heterocycles. The molecule has 6 heteroatoms. The molecule has 0 bridgehead atoms. The third-order valence-corrected chi connectivity index (χ3v) is 4.85. The standard InChI is InChI=1S/C18H20N4OS/c1-13(2)16(12-22-10-9-19-21-22)20-18(23)15-7-5-14(6-8-15)17-4-3-11-24-17/h3-11,13,16H,12H2,1-2H3,(H,20,23)/t16-/m1/s1. The normalized spacial score (nSPS) is 12.3. The zero-order valence-corrected chi connectivity index (χ0v) is 14.5. The minimum atomic E-state index is -0.0634. The minimum absolute atomic E-state index is 0.00354. The van der Waals surface area contributed by atoms with Crippen molar-refractivity contribution in [1.29, 1.82) is 0 Å². The Morgan fingerprint density at radius 3 is 2.62 bits per heavy atom. The summed E-state index contributed by atoms with van der Waals surface area (Å²) in [5.74, 6) is 0.232. The van der Waals surface area contributed by atoms with Crippen molar-refractivity contribution >= 4 is 17.2 Å². The first-order chi connectivity index (χ1) is 11.6. The summed E-state index contributed by atoms with van der Waals surface area (Å²) in [6.45, 7) is 4.78.